The quantitative estimate of drug-likeness (QED) is 0.467. The van der Waals surface area contributed by atoms with Crippen molar-refractivity contribution < 1.29 is 0 Å². The van der Waals surface area contributed by atoms with Crippen LogP contribution in [0.15, 0.2) is 0 Å². The summed E-state index contributed by atoms with van der Waals surface area (Å²) in [5.41, 5.74) is 0. The summed E-state index contributed by atoms with van der Waals surface area (Å²) in [6.45, 7) is 11.3. The highest BCUT2D eigenvalue weighted by atomic mass is 35.6. The van der Waals surface area contributed by atoms with Crippen molar-refractivity contribution in [2.45, 2.75) is 52.6 Å². The molecule has 13 heavy (non-hydrogen) atoms. The summed E-state index contributed by atoms with van der Waals surface area (Å²) < 4.78 is 2.52. The van der Waals surface area contributed by atoms with Crippen LogP contribution in [-0.4, -0.2) is 25.2 Å². The average Bonchev–Trinajstić information content (AvgIpc) is 2.02. The predicted molar refractivity (Wildman–Crippen MR) is 64.7 cm³/mol. The van der Waals surface area contributed by atoms with E-state index in [0.717, 1.165) is 0 Å². The molecule has 0 amide bonds. The molecular weight excluding hydrogens is 198 g/mol. The average molecular weight is 222 g/mol. The van der Waals surface area contributed by atoms with Crippen LogP contribution in [0.2, 0.25) is 13.1 Å². The number of hydrogen-bond donors (Lipinski definition) is 0. The van der Waals surface area contributed by atoms with Gasteiger partial charge in [-0.25, -0.2) is 0 Å². The first-order chi connectivity index (χ1) is 6.02. The van der Waals surface area contributed by atoms with E-state index in [9.17, 15) is 0 Å². The van der Waals surface area contributed by atoms with E-state index in [-0.39, 0.29) is 0 Å². The van der Waals surface area contributed by atoms with Crippen LogP contribution in [0.5, 0.6) is 0 Å². The molecule has 1 nitrogen and oxygen atoms in total. The van der Waals surface area contributed by atoms with Crippen molar-refractivity contribution in [3.8, 4) is 0 Å². The van der Waals surface area contributed by atoms with Crippen molar-refractivity contribution in [1.29, 1.82) is 0 Å². The Bertz CT molecular complexity index is 115. The van der Waals surface area contributed by atoms with Crippen molar-refractivity contribution in [3.63, 3.8) is 0 Å². The molecule has 0 aromatic rings. The van der Waals surface area contributed by atoms with E-state index >= 15 is 0 Å². The zero-order chi connectivity index (χ0) is 10.3. The first-order valence-electron chi connectivity index (χ1n) is 5.46. The molecule has 0 fully saturated rings. The maximum absolute atomic E-state index is 6.44. The molecule has 0 unspecified atom stereocenters. The summed E-state index contributed by atoms with van der Waals surface area (Å²) in [4.78, 5) is 0. The molecular formula is C10H24ClNSi. The third-order valence-corrected chi connectivity index (χ3v) is 4.98. The lowest BCUT2D eigenvalue weighted by molar-refractivity contribution is 0.408. The van der Waals surface area contributed by atoms with Crippen LogP contribution in [0.25, 0.3) is 0 Å². The lowest BCUT2D eigenvalue weighted by Gasteiger charge is -2.31. The fourth-order valence-electron chi connectivity index (χ4n) is 1.34. The largest absolute Gasteiger partial charge is 0.312 e. The normalized spacial score (nSPS) is 12.5. The second kappa shape index (κ2) is 6.85. The van der Waals surface area contributed by atoms with E-state index in [4.69, 9.17) is 11.1 Å². The molecule has 0 heterocycles. The van der Waals surface area contributed by atoms with Gasteiger partial charge in [0.1, 0.15) is 0 Å². The van der Waals surface area contributed by atoms with Crippen LogP contribution in [-0.2, 0) is 0 Å². The Hall–Kier alpha value is 0.467. The molecule has 0 aliphatic rings. The van der Waals surface area contributed by atoms with Crippen LogP contribution in [0.4, 0.5) is 0 Å². The maximum atomic E-state index is 6.44. The fourth-order valence-corrected chi connectivity index (χ4v) is 3.23. The van der Waals surface area contributed by atoms with Gasteiger partial charge in [-0.15, -0.1) is 11.1 Å². The molecule has 0 aromatic heterocycles. The molecule has 3 heteroatoms. The minimum absolute atomic E-state index is 1.19. The molecule has 0 atom stereocenters. The second-order valence-electron chi connectivity index (χ2n) is 4.10. The molecule has 0 rings (SSSR count). The Kier molecular flexibility index (Phi) is 7.10. The van der Waals surface area contributed by atoms with Gasteiger partial charge in [0, 0.05) is 0 Å². The van der Waals surface area contributed by atoms with Gasteiger partial charge < -0.3 is 4.57 Å². The van der Waals surface area contributed by atoms with Crippen molar-refractivity contribution in [2.24, 2.45) is 0 Å². The summed E-state index contributed by atoms with van der Waals surface area (Å²) in [7, 11) is -1.56. The molecule has 0 bridgehead atoms. The minimum Gasteiger partial charge on any atom is -0.312 e. The minimum atomic E-state index is -1.56. The van der Waals surface area contributed by atoms with Gasteiger partial charge in [-0.3, -0.25) is 0 Å². The van der Waals surface area contributed by atoms with Gasteiger partial charge in [-0.1, -0.05) is 26.7 Å². The summed E-state index contributed by atoms with van der Waals surface area (Å²) in [5, 5.41) is 0. The van der Waals surface area contributed by atoms with E-state index < -0.39 is 7.55 Å². The van der Waals surface area contributed by atoms with Crippen LogP contribution in [0.3, 0.4) is 0 Å². The first-order valence-corrected chi connectivity index (χ1v) is 9.42. The number of rotatable bonds is 7. The molecule has 0 N–H and O–H groups in total. The molecule has 80 valence electrons. The van der Waals surface area contributed by atoms with Crippen LogP contribution >= 0.6 is 11.1 Å². The molecule has 0 aliphatic heterocycles. The molecule has 0 aliphatic carbocycles. The highest BCUT2D eigenvalue weighted by Gasteiger charge is 2.25. The van der Waals surface area contributed by atoms with Crippen LogP contribution < -0.4 is 0 Å². The number of unbranched alkanes of at least 4 members (excludes halogenated alkanes) is 2. The van der Waals surface area contributed by atoms with Gasteiger partial charge in [0.25, 0.3) is 0 Å². The Morgan fingerprint density at radius 2 is 1.38 bits per heavy atom. The van der Waals surface area contributed by atoms with Crippen molar-refractivity contribution in [1.82, 2.24) is 4.57 Å². The molecule has 0 aromatic carbocycles. The van der Waals surface area contributed by atoms with Crippen molar-refractivity contribution in [2.75, 3.05) is 13.1 Å². The number of halogens is 1. The van der Waals surface area contributed by atoms with E-state index in [0.29, 0.717) is 0 Å². The first kappa shape index (κ1) is 13.5. The summed E-state index contributed by atoms with van der Waals surface area (Å²) >= 11 is 6.44. The Balaban J connectivity index is 3.88. The highest BCUT2D eigenvalue weighted by molar-refractivity contribution is 7.17. The maximum Gasteiger partial charge on any atom is 0.223 e. The van der Waals surface area contributed by atoms with Gasteiger partial charge in [-0.05, 0) is 39.0 Å². The summed E-state index contributed by atoms with van der Waals surface area (Å²) in [6, 6.07) is 0. The molecule has 0 spiro atoms. The predicted octanol–water partition coefficient (Wildman–Crippen LogP) is 3.83. The van der Waals surface area contributed by atoms with E-state index in [1.54, 1.807) is 0 Å². The van der Waals surface area contributed by atoms with E-state index in [2.05, 4.69) is 31.5 Å². The summed E-state index contributed by atoms with van der Waals surface area (Å²) in [6.07, 6.45) is 5.10. The Morgan fingerprint density at radius 3 is 1.62 bits per heavy atom. The number of hydrogen-bond acceptors (Lipinski definition) is 1. The monoisotopic (exact) mass is 221 g/mol. The van der Waals surface area contributed by atoms with E-state index in [1.165, 1.54) is 38.8 Å². The second-order valence-corrected chi connectivity index (χ2v) is 10.3. The van der Waals surface area contributed by atoms with Gasteiger partial charge >= 0.3 is 0 Å². The Morgan fingerprint density at radius 1 is 1.00 bits per heavy atom. The van der Waals surface area contributed by atoms with Gasteiger partial charge in [-0.2, -0.15) is 0 Å². The Labute approximate surface area is 89.3 Å². The van der Waals surface area contributed by atoms with Crippen molar-refractivity contribution >= 4 is 18.6 Å². The van der Waals surface area contributed by atoms with E-state index in [1.807, 2.05) is 0 Å². The summed E-state index contributed by atoms with van der Waals surface area (Å²) in [5.74, 6) is 0. The van der Waals surface area contributed by atoms with Crippen LogP contribution in [0, 0.1) is 0 Å². The molecule has 0 radical (unpaired) electrons. The third-order valence-electron chi connectivity index (χ3n) is 2.32. The number of nitrogens with zero attached hydrogens (tertiary/aromatic N) is 1. The zero-order valence-electron chi connectivity index (χ0n) is 9.57. The lowest BCUT2D eigenvalue weighted by atomic mass is 10.3. The van der Waals surface area contributed by atoms with Crippen molar-refractivity contribution in [3.05, 3.63) is 0 Å². The topological polar surface area (TPSA) is 3.24 Å². The lowest BCUT2D eigenvalue weighted by Crippen LogP contribution is -2.45. The SMILES string of the molecule is CCCCN(CCCC)[Si](C)(C)Cl. The molecule has 0 saturated heterocycles. The zero-order valence-corrected chi connectivity index (χ0v) is 11.3. The fraction of sp³-hybridized carbons (Fsp3) is 1.00. The third kappa shape index (κ3) is 6.53. The van der Waals surface area contributed by atoms with Crippen LogP contribution in [0.1, 0.15) is 39.5 Å². The van der Waals surface area contributed by atoms with Gasteiger partial charge in [0.05, 0.1) is 0 Å². The smallest absolute Gasteiger partial charge is 0.223 e. The van der Waals surface area contributed by atoms with Gasteiger partial charge in [0.15, 0.2) is 0 Å². The van der Waals surface area contributed by atoms with Gasteiger partial charge in [0.2, 0.25) is 7.55 Å². The highest BCUT2D eigenvalue weighted by Crippen LogP contribution is 2.16. The standard InChI is InChI=1S/C10H24ClNSi/c1-5-7-9-12(10-8-6-2)13(3,4)11/h5-10H2,1-4H3. The molecule has 0 saturated carbocycles.